The average molecular weight is 328 g/mol. The number of halogens is 4. The summed E-state index contributed by atoms with van der Waals surface area (Å²) in [5, 5.41) is 4.36. The molecule has 0 radical (unpaired) electrons. The molecule has 0 fully saturated rings. The summed E-state index contributed by atoms with van der Waals surface area (Å²) in [6.45, 7) is 3.84. The summed E-state index contributed by atoms with van der Waals surface area (Å²) in [5.41, 5.74) is 1.67. The van der Waals surface area contributed by atoms with Gasteiger partial charge in [0.25, 0.3) is 0 Å². The number of hydrogen-bond donors (Lipinski definition) is 0. The first-order valence-electron chi connectivity index (χ1n) is 5.77. The van der Waals surface area contributed by atoms with Crippen molar-refractivity contribution in [3.63, 3.8) is 0 Å². The Morgan fingerprint density at radius 2 is 1.94 bits per heavy atom. The Morgan fingerprint density at radius 3 is 2.39 bits per heavy atom. The number of nitrogens with zero attached hydrogens (tertiary/aromatic N) is 3. The molecule has 0 aromatic carbocycles. The smallest absolute Gasteiger partial charge is 0.292 e. The number of rotatable bonds is 5. The molecule has 104 valence electrons. The summed E-state index contributed by atoms with van der Waals surface area (Å²) >= 11 is 3.42. The fraction of sp³-hybridized carbons (Fsp3) is 0.727. The first-order chi connectivity index (χ1) is 8.28. The van der Waals surface area contributed by atoms with Crippen LogP contribution in [0.15, 0.2) is 4.47 Å². The quantitative estimate of drug-likeness (QED) is 0.828. The fourth-order valence-corrected chi connectivity index (χ4v) is 2.48. The Bertz CT molecular complexity index is 401. The lowest BCUT2D eigenvalue weighted by Crippen LogP contribution is -2.31. The highest BCUT2D eigenvalue weighted by Crippen LogP contribution is 2.24. The van der Waals surface area contributed by atoms with E-state index in [2.05, 4.69) is 21.0 Å². The molecule has 0 saturated heterocycles. The molecule has 18 heavy (non-hydrogen) atoms. The zero-order valence-corrected chi connectivity index (χ0v) is 12.3. The molecule has 0 saturated carbocycles. The normalized spacial score (nSPS) is 12.4. The number of alkyl halides is 3. The van der Waals surface area contributed by atoms with E-state index < -0.39 is 12.7 Å². The molecule has 0 N–H and O–H groups in total. The summed E-state index contributed by atoms with van der Waals surface area (Å²) in [6.07, 6.45) is -3.42. The SMILES string of the molecule is CCc1nn(CC)c(CN(C)CC(F)(F)F)c1Br. The standard InChI is InChI=1S/C11H17BrF3N3/c1-4-8-10(12)9(18(5-2)16-8)6-17(3)7-11(13,14)15/h4-7H2,1-3H3. The molecule has 0 spiro atoms. The van der Waals surface area contributed by atoms with Crippen LogP contribution < -0.4 is 0 Å². The van der Waals surface area contributed by atoms with Crippen molar-refractivity contribution in [2.45, 2.75) is 39.5 Å². The molecule has 0 unspecified atom stereocenters. The molecule has 1 aromatic rings. The molecular formula is C11H17BrF3N3. The van der Waals surface area contributed by atoms with Crippen molar-refractivity contribution in [2.75, 3.05) is 13.6 Å². The molecule has 0 bridgehead atoms. The second-order valence-corrected chi connectivity index (χ2v) is 4.96. The molecule has 1 rings (SSSR count). The van der Waals surface area contributed by atoms with E-state index in [4.69, 9.17) is 0 Å². The Kier molecular flexibility index (Phi) is 5.21. The Labute approximate surface area is 113 Å². The van der Waals surface area contributed by atoms with Gasteiger partial charge >= 0.3 is 6.18 Å². The van der Waals surface area contributed by atoms with Gasteiger partial charge in [0.1, 0.15) is 0 Å². The number of hydrogen-bond acceptors (Lipinski definition) is 2. The van der Waals surface area contributed by atoms with Crippen LogP contribution in [0.4, 0.5) is 13.2 Å². The van der Waals surface area contributed by atoms with E-state index in [0.29, 0.717) is 6.54 Å². The highest BCUT2D eigenvalue weighted by atomic mass is 79.9. The minimum absolute atomic E-state index is 0.223. The van der Waals surface area contributed by atoms with Crippen molar-refractivity contribution < 1.29 is 13.2 Å². The third kappa shape index (κ3) is 3.98. The van der Waals surface area contributed by atoms with Crippen molar-refractivity contribution in [1.29, 1.82) is 0 Å². The zero-order valence-electron chi connectivity index (χ0n) is 10.7. The van der Waals surface area contributed by atoms with Gasteiger partial charge in [0.2, 0.25) is 0 Å². The van der Waals surface area contributed by atoms with E-state index in [0.717, 1.165) is 22.3 Å². The first kappa shape index (κ1) is 15.5. The van der Waals surface area contributed by atoms with Gasteiger partial charge in [-0.1, -0.05) is 6.92 Å². The summed E-state index contributed by atoms with van der Waals surface area (Å²) in [5.74, 6) is 0. The van der Waals surface area contributed by atoms with Gasteiger partial charge in [-0.15, -0.1) is 0 Å². The van der Waals surface area contributed by atoms with Gasteiger partial charge in [-0.3, -0.25) is 9.58 Å². The van der Waals surface area contributed by atoms with Gasteiger partial charge in [-0.25, -0.2) is 0 Å². The predicted molar refractivity (Wildman–Crippen MR) is 67.4 cm³/mol. The molecule has 7 heteroatoms. The van der Waals surface area contributed by atoms with Gasteiger partial charge in [0.05, 0.1) is 22.4 Å². The van der Waals surface area contributed by atoms with Crippen molar-refractivity contribution in [3.8, 4) is 0 Å². The van der Waals surface area contributed by atoms with Crippen LogP contribution >= 0.6 is 15.9 Å². The second kappa shape index (κ2) is 6.06. The second-order valence-electron chi connectivity index (χ2n) is 4.16. The van der Waals surface area contributed by atoms with Crippen molar-refractivity contribution in [3.05, 3.63) is 15.9 Å². The molecule has 1 aromatic heterocycles. The van der Waals surface area contributed by atoms with Crippen LogP contribution in [0.2, 0.25) is 0 Å². The van der Waals surface area contributed by atoms with E-state index in [1.54, 1.807) is 4.68 Å². The number of aryl methyl sites for hydroxylation is 2. The summed E-state index contributed by atoms with van der Waals surface area (Å²) in [4.78, 5) is 1.24. The van der Waals surface area contributed by atoms with Crippen LogP contribution in [-0.4, -0.2) is 34.4 Å². The molecule has 0 aliphatic heterocycles. The number of aromatic nitrogens is 2. The molecule has 0 aliphatic rings. The average Bonchev–Trinajstić information content (AvgIpc) is 2.53. The maximum absolute atomic E-state index is 12.3. The third-order valence-corrected chi connectivity index (χ3v) is 3.48. The van der Waals surface area contributed by atoms with Gasteiger partial charge in [0, 0.05) is 13.1 Å². The maximum Gasteiger partial charge on any atom is 0.401 e. The Hall–Kier alpha value is -0.560. The summed E-state index contributed by atoms with van der Waals surface area (Å²) in [6, 6.07) is 0. The largest absolute Gasteiger partial charge is 0.401 e. The minimum Gasteiger partial charge on any atom is -0.292 e. The third-order valence-electron chi connectivity index (χ3n) is 2.56. The lowest BCUT2D eigenvalue weighted by molar-refractivity contribution is -0.144. The van der Waals surface area contributed by atoms with E-state index in [-0.39, 0.29) is 6.54 Å². The van der Waals surface area contributed by atoms with Crippen LogP contribution in [-0.2, 0) is 19.5 Å². The van der Waals surface area contributed by atoms with Crippen LogP contribution in [0, 0.1) is 0 Å². The lowest BCUT2D eigenvalue weighted by atomic mass is 10.3. The summed E-state index contributed by atoms with van der Waals surface area (Å²) in [7, 11) is 1.46. The predicted octanol–water partition coefficient (Wildman–Crippen LogP) is 3.22. The molecule has 3 nitrogen and oxygen atoms in total. The fourth-order valence-electron chi connectivity index (χ4n) is 1.79. The van der Waals surface area contributed by atoms with Gasteiger partial charge in [0.15, 0.2) is 0 Å². The van der Waals surface area contributed by atoms with E-state index in [1.165, 1.54) is 11.9 Å². The molecule has 0 aliphatic carbocycles. The van der Waals surface area contributed by atoms with E-state index in [9.17, 15) is 13.2 Å². The summed E-state index contributed by atoms with van der Waals surface area (Å²) < 4.78 is 39.4. The van der Waals surface area contributed by atoms with E-state index >= 15 is 0 Å². The van der Waals surface area contributed by atoms with Crippen LogP contribution in [0.25, 0.3) is 0 Å². The molecule has 0 amide bonds. The maximum atomic E-state index is 12.3. The molecule has 1 heterocycles. The van der Waals surface area contributed by atoms with Crippen LogP contribution in [0.1, 0.15) is 25.2 Å². The van der Waals surface area contributed by atoms with Crippen LogP contribution in [0.3, 0.4) is 0 Å². The topological polar surface area (TPSA) is 21.1 Å². The van der Waals surface area contributed by atoms with Crippen LogP contribution in [0.5, 0.6) is 0 Å². The zero-order chi connectivity index (χ0) is 13.9. The van der Waals surface area contributed by atoms with Gasteiger partial charge < -0.3 is 0 Å². The van der Waals surface area contributed by atoms with Crippen molar-refractivity contribution in [1.82, 2.24) is 14.7 Å². The highest BCUT2D eigenvalue weighted by Gasteiger charge is 2.30. The molecular weight excluding hydrogens is 311 g/mol. The van der Waals surface area contributed by atoms with Crippen molar-refractivity contribution >= 4 is 15.9 Å². The van der Waals surface area contributed by atoms with E-state index in [1.807, 2.05) is 13.8 Å². The highest BCUT2D eigenvalue weighted by molar-refractivity contribution is 9.10. The Morgan fingerprint density at radius 1 is 1.33 bits per heavy atom. The Balaban J connectivity index is 2.86. The van der Waals surface area contributed by atoms with Crippen molar-refractivity contribution in [2.24, 2.45) is 0 Å². The monoisotopic (exact) mass is 327 g/mol. The molecule has 0 atom stereocenters. The van der Waals surface area contributed by atoms with Gasteiger partial charge in [-0.2, -0.15) is 18.3 Å². The minimum atomic E-state index is -4.17. The van der Waals surface area contributed by atoms with Gasteiger partial charge in [-0.05, 0) is 36.3 Å². The first-order valence-corrected chi connectivity index (χ1v) is 6.57. The lowest BCUT2D eigenvalue weighted by Gasteiger charge is -2.19.